The Balaban J connectivity index is 3.82. The second-order valence-electron chi connectivity index (χ2n) is 0.936. The molecule has 0 aliphatic rings. The molecule has 0 unspecified atom stereocenters. The summed E-state index contributed by atoms with van der Waals surface area (Å²) in [7, 11) is -2.16. The standard InChI is InChI=1S/CH3Cl3O4Si/c1-5-9(6-2,7-3)8-4/h1H3. The lowest BCUT2D eigenvalue weighted by molar-refractivity contribution is 0.135. The van der Waals surface area contributed by atoms with Gasteiger partial charge in [-0.3, -0.25) is 0 Å². The average molecular weight is 213 g/mol. The smallest absolute Gasteiger partial charge is 0.352 e. The molecule has 0 heterocycles. The van der Waals surface area contributed by atoms with Gasteiger partial charge in [-0.15, -0.1) is 0 Å². The molecule has 0 aromatic heterocycles. The monoisotopic (exact) mass is 212 g/mol. The average Bonchev–Trinajstić information content (AvgIpc) is 1.95. The summed E-state index contributed by atoms with van der Waals surface area (Å²) in [5.74, 6) is 0. The van der Waals surface area contributed by atoms with Crippen molar-refractivity contribution in [2.45, 2.75) is 0 Å². The van der Waals surface area contributed by atoms with Gasteiger partial charge in [-0.1, -0.05) is 0 Å². The van der Waals surface area contributed by atoms with Crippen molar-refractivity contribution >= 4 is 44.6 Å². The van der Waals surface area contributed by atoms with E-state index in [0.29, 0.717) is 0 Å². The Hall–Kier alpha value is 0.927. The Morgan fingerprint density at radius 3 is 1.33 bits per heavy atom. The molecule has 0 radical (unpaired) electrons. The van der Waals surface area contributed by atoms with Crippen molar-refractivity contribution in [2.75, 3.05) is 7.11 Å². The topological polar surface area (TPSA) is 36.9 Å². The van der Waals surface area contributed by atoms with Gasteiger partial charge in [0.2, 0.25) is 0 Å². The molecule has 9 heavy (non-hydrogen) atoms. The van der Waals surface area contributed by atoms with E-state index in [0.717, 1.165) is 0 Å². The Bertz CT molecular complexity index is 58.7. The number of rotatable bonds is 4. The molecule has 0 N–H and O–H groups in total. The van der Waals surface area contributed by atoms with Gasteiger partial charge in [-0.05, 0) is 0 Å². The van der Waals surface area contributed by atoms with Gasteiger partial charge in [-0.25, -0.2) is 11.9 Å². The number of hydrogen-bond donors (Lipinski definition) is 0. The summed E-state index contributed by atoms with van der Waals surface area (Å²) in [6.07, 6.45) is 0. The van der Waals surface area contributed by atoms with Gasteiger partial charge in [0.15, 0.2) is 0 Å². The highest BCUT2D eigenvalue weighted by atomic mass is 35.5. The number of hydrogen-bond acceptors (Lipinski definition) is 4. The van der Waals surface area contributed by atoms with Crippen LogP contribution in [-0.2, 0) is 16.4 Å². The van der Waals surface area contributed by atoms with Crippen LogP contribution in [0.2, 0.25) is 0 Å². The first kappa shape index (κ1) is 9.93. The van der Waals surface area contributed by atoms with E-state index in [9.17, 15) is 0 Å². The second-order valence-corrected chi connectivity index (χ2v) is 4.20. The molecule has 4 nitrogen and oxygen atoms in total. The van der Waals surface area contributed by atoms with Gasteiger partial charge < -0.3 is 4.43 Å². The fourth-order valence-corrected chi connectivity index (χ4v) is 1.81. The van der Waals surface area contributed by atoms with Crippen molar-refractivity contribution in [3.05, 3.63) is 0 Å². The van der Waals surface area contributed by atoms with Crippen molar-refractivity contribution in [2.24, 2.45) is 0 Å². The van der Waals surface area contributed by atoms with Crippen LogP contribution in [0.1, 0.15) is 0 Å². The minimum atomic E-state index is -3.40. The highest BCUT2D eigenvalue weighted by Gasteiger charge is 2.46. The fraction of sp³-hybridized carbons (Fsp3) is 1.00. The molecule has 0 fully saturated rings. The molecule has 56 valence electrons. The molecule has 0 rings (SSSR count). The van der Waals surface area contributed by atoms with Crippen LogP contribution in [0.4, 0.5) is 0 Å². The predicted octanol–water partition coefficient (Wildman–Crippen LogP) is 1.58. The molecule has 0 atom stereocenters. The Morgan fingerprint density at radius 1 is 1.00 bits per heavy atom. The van der Waals surface area contributed by atoms with Crippen LogP contribution in [0.3, 0.4) is 0 Å². The van der Waals surface area contributed by atoms with E-state index >= 15 is 0 Å². The second kappa shape index (κ2) is 4.70. The highest BCUT2D eigenvalue weighted by molar-refractivity contribution is 6.64. The van der Waals surface area contributed by atoms with Crippen molar-refractivity contribution in [3.63, 3.8) is 0 Å². The predicted molar refractivity (Wildman–Crippen MR) is 33.6 cm³/mol. The summed E-state index contributed by atoms with van der Waals surface area (Å²) in [6, 6.07) is 0. The molecule has 0 bridgehead atoms. The summed E-state index contributed by atoms with van der Waals surface area (Å²) in [5, 5.41) is 0. The maximum Gasteiger partial charge on any atom is 0.730 e. The lowest BCUT2D eigenvalue weighted by Crippen LogP contribution is -2.40. The minimum Gasteiger partial charge on any atom is -0.352 e. The maximum absolute atomic E-state index is 4.84. The summed E-state index contributed by atoms with van der Waals surface area (Å²) < 4.78 is 16.7. The fourth-order valence-electron chi connectivity index (χ4n) is 0.130. The quantitative estimate of drug-likeness (QED) is 0.665. The SMILES string of the molecule is CO[Si](OCl)(OCl)OCl. The third-order valence-corrected chi connectivity index (χ3v) is 3.30. The van der Waals surface area contributed by atoms with Gasteiger partial charge in [0.1, 0.15) is 0 Å². The zero-order valence-corrected chi connectivity index (χ0v) is 7.53. The van der Waals surface area contributed by atoms with Crippen molar-refractivity contribution in [3.8, 4) is 0 Å². The maximum atomic E-state index is 4.84. The van der Waals surface area contributed by atoms with Crippen LogP contribution in [0, 0.1) is 0 Å². The molecule has 0 aromatic rings. The molecule has 0 aliphatic heterocycles. The van der Waals surface area contributed by atoms with E-state index in [1.54, 1.807) is 0 Å². The van der Waals surface area contributed by atoms with E-state index in [1.165, 1.54) is 7.11 Å². The Kier molecular flexibility index (Phi) is 5.18. The van der Waals surface area contributed by atoms with Crippen LogP contribution in [0.25, 0.3) is 0 Å². The van der Waals surface area contributed by atoms with Crippen LogP contribution in [-0.4, -0.2) is 16.2 Å². The molecule has 0 aromatic carbocycles. The van der Waals surface area contributed by atoms with Crippen molar-refractivity contribution in [1.29, 1.82) is 0 Å². The normalized spacial score (nSPS) is 12.0. The first-order chi connectivity index (χ1) is 4.24. The van der Waals surface area contributed by atoms with Crippen molar-refractivity contribution < 1.29 is 16.4 Å². The Labute approximate surface area is 68.5 Å². The zero-order valence-electron chi connectivity index (χ0n) is 4.27. The third-order valence-electron chi connectivity index (χ3n) is 0.533. The lowest BCUT2D eigenvalue weighted by atomic mass is 11.8. The van der Waals surface area contributed by atoms with Crippen LogP contribution in [0.5, 0.6) is 0 Å². The molecule has 0 spiro atoms. The summed E-state index contributed by atoms with van der Waals surface area (Å²) in [5.41, 5.74) is 0. The summed E-state index contributed by atoms with van der Waals surface area (Å²) in [6.45, 7) is 0. The van der Waals surface area contributed by atoms with E-state index < -0.39 is 9.05 Å². The lowest BCUT2D eigenvalue weighted by Gasteiger charge is -2.13. The minimum absolute atomic E-state index is 1.24. The van der Waals surface area contributed by atoms with Crippen LogP contribution >= 0.6 is 35.6 Å². The molecule has 0 saturated heterocycles. The van der Waals surface area contributed by atoms with E-state index in [1.807, 2.05) is 0 Å². The van der Waals surface area contributed by atoms with Gasteiger partial charge in [0.05, 0.1) is 35.6 Å². The van der Waals surface area contributed by atoms with Crippen LogP contribution in [0.15, 0.2) is 0 Å². The van der Waals surface area contributed by atoms with E-state index in [-0.39, 0.29) is 0 Å². The largest absolute Gasteiger partial charge is 0.730 e. The molecule has 0 aliphatic carbocycles. The first-order valence-corrected chi connectivity index (χ1v) is 4.25. The summed E-state index contributed by atoms with van der Waals surface area (Å²) in [4.78, 5) is 0. The molecule has 8 heteroatoms. The third kappa shape index (κ3) is 2.56. The van der Waals surface area contributed by atoms with Crippen LogP contribution < -0.4 is 0 Å². The van der Waals surface area contributed by atoms with Gasteiger partial charge in [0, 0.05) is 7.11 Å². The molecular weight excluding hydrogens is 210 g/mol. The Morgan fingerprint density at radius 2 is 1.33 bits per heavy atom. The van der Waals surface area contributed by atoms with Gasteiger partial charge in [-0.2, -0.15) is 0 Å². The molecule has 0 saturated carbocycles. The molecule has 0 amide bonds. The summed E-state index contributed by atoms with van der Waals surface area (Å²) >= 11 is 14.5. The first-order valence-electron chi connectivity index (χ1n) is 1.69. The van der Waals surface area contributed by atoms with Gasteiger partial charge in [0.25, 0.3) is 0 Å². The van der Waals surface area contributed by atoms with Gasteiger partial charge >= 0.3 is 9.05 Å². The number of halogens is 3. The van der Waals surface area contributed by atoms with E-state index in [4.69, 9.17) is 35.6 Å². The van der Waals surface area contributed by atoms with Crippen molar-refractivity contribution in [1.82, 2.24) is 0 Å². The molecular formula is CH3Cl3O4Si. The zero-order chi connectivity index (χ0) is 7.33. The van der Waals surface area contributed by atoms with E-state index in [2.05, 4.69) is 16.4 Å². The highest BCUT2D eigenvalue weighted by Crippen LogP contribution is 2.15.